The highest BCUT2D eigenvalue weighted by Crippen LogP contribution is 2.15. The van der Waals surface area contributed by atoms with Crippen LogP contribution in [0.4, 0.5) is 0 Å². The Labute approximate surface area is 120 Å². The van der Waals surface area contributed by atoms with Crippen molar-refractivity contribution in [3.05, 3.63) is 29.8 Å². The number of hydrogen-bond donors (Lipinski definition) is 3. The minimum atomic E-state index is -0.293. The summed E-state index contributed by atoms with van der Waals surface area (Å²) in [6.45, 7) is 5.94. The third-order valence-electron chi connectivity index (χ3n) is 3.90. The summed E-state index contributed by atoms with van der Waals surface area (Å²) in [5, 5.41) is 21.5. The predicted molar refractivity (Wildman–Crippen MR) is 79.4 cm³/mol. The van der Waals surface area contributed by atoms with E-state index in [1.165, 1.54) is 0 Å². The van der Waals surface area contributed by atoms with Crippen LogP contribution in [0.15, 0.2) is 24.3 Å². The summed E-state index contributed by atoms with van der Waals surface area (Å²) in [6.07, 6.45) is 1.51. The molecule has 0 fully saturated rings. The lowest BCUT2D eigenvalue weighted by atomic mass is 9.92. The fraction of sp³-hybridized carbons (Fsp3) is 0.562. The van der Waals surface area contributed by atoms with Gasteiger partial charge >= 0.3 is 0 Å². The van der Waals surface area contributed by atoms with E-state index in [-0.39, 0.29) is 30.2 Å². The highest BCUT2D eigenvalue weighted by atomic mass is 16.3. The zero-order chi connectivity index (χ0) is 15.1. The SMILES string of the molecule is CCC(C)C(C)C(=O)N[C@H](CO)Cc1ccc(O)cc1. The van der Waals surface area contributed by atoms with Crippen molar-refractivity contribution >= 4 is 5.91 Å². The van der Waals surface area contributed by atoms with E-state index in [4.69, 9.17) is 0 Å². The summed E-state index contributed by atoms with van der Waals surface area (Å²) in [4.78, 5) is 12.1. The lowest BCUT2D eigenvalue weighted by Gasteiger charge is -2.22. The lowest BCUT2D eigenvalue weighted by molar-refractivity contribution is -0.127. The summed E-state index contributed by atoms with van der Waals surface area (Å²) >= 11 is 0. The van der Waals surface area contributed by atoms with Gasteiger partial charge in [0.25, 0.3) is 0 Å². The van der Waals surface area contributed by atoms with Gasteiger partial charge in [-0.15, -0.1) is 0 Å². The topological polar surface area (TPSA) is 69.6 Å². The number of aliphatic hydroxyl groups excluding tert-OH is 1. The Balaban J connectivity index is 2.58. The van der Waals surface area contributed by atoms with Crippen molar-refractivity contribution in [2.75, 3.05) is 6.61 Å². The van der Waals surface area contributed by atoms with Gasteiger partial charge in [-0.3, -0.25) is 4.79 Å². The summed E-state index contributed by atoms with van der Waals surface area (Å²) in [7, 11) is 0. The maximum atomic E-state index is 12.1. The molecule has 0 saturated heterocycles. The van der Waals surface area contributed by atoms with Crippen LogP contribution in [-0.4, -0.2) is 28.8 Å². The summed E-state index contributed by atoms with van der Waals surface area (Å²) < 4.78 is 0. The van der Waals surface area contributed by atoms with Crippen molar-refractivity contribution in [2.45, 2.75) is 39.7 Å². The molecule has 0 aliphatic heterocycles. The number of phenolic OH excluding ortho intramolecular Hbond substituents is 1. The van der Waals surface area contributed by atoms with Gasteiger partial charge < -0.3 is 15.5 Å². The standard InChI is InChI=1S/C16H25NO3/c1-4-11(2)12(3)16(20)17-14(10-18)9-13-5-7-15(19)8-6-13/h5-8,11-12,14,18-19H,4,9-10H2,1-3H3,(H,17,20)/t11?,12?,14-/m0/s1. The molecule has 0 aliphatic carbocycles. The largest absolute Gasteiger partial charge is 0.508 e. The van der Waals surface area contributed by atoms with Crippen molar-refractivity contribution in [1.82, 2.24) is 5.32 Å². The average Bonchev–Trinajstić information content (AvgIpc) is 2.46. The van der Waals surface area contributed by atoms with Gasteiger partial charge in [0.1, 0.15) is 5.75 Å². The maximum absolute atomic E-state index is 12.1. The average molecular weight is 279 g/mol. The van der Waals surface area contributed by atoms with Crippen molar-refractivity contribution in [1.29, 1.82) is 0 Å². The molecule has 1 aromatic carbocycles. The van der Waals surface area contributed by atoms with E-state index in [9.17, 15) is 15.0 Å². The summed E-state index contributed by atoms with van der Waals surface area (Å²) in [6, 6.07) is 6.50. The molecule has 1 amide bonds. The molecule has 0 radical (unpaired) electrons. The van der Waals surface area contributed by atoms with E-state index < -0.39 is 0 Å². The predicted octanol–water partition coefficient (Wildman–Crippen LogP) is 2.09. The Morgan fingerprint density at radius 2 is 1.85 bits per heavy atom. The van der Waals surface area contributed by atoms with Gasteiger partial charge in [0.15, 0.2) is 0 Å². The molecule has 1 rings (SSSR count). The molecule has 112 valence electrons. The Hall–Kier alpha value is -1.55. The highest BCUT2D eigenvalue weighted by molar-refractivity contribution is 5.78. The van der Waals surface area contributed by atoms with E-state index >= 15 is 0 Å². The summed E-state index contributed by atoms with van der Waals surface area (Å²) in [5.74, 6) is 0.456. The molecule has 0 saturated carbocycles. The number of aliphatic hydroxyl groups is 1. The first kappa shape index (κ1) is 16.5. The molecule has 2 unspecified atom stereocenters. The Bertz CT molecular complexity index is 416. The molecule has 4 heteroatoms. The van der Waals surface area contributed by atoms with Crippen LogP contribution in [0.25, 0.3) is 0 Å². The molecule has 20 heavy (non-hydrogen) atoms. The van der Waals surface area contributed by atoms with Crippen LogP contribution in [0.3, 0.4) is 0 Å². The molecule has 0 spiro atoms. The van der Waals surface area contributed by atoms with Gasteiger partial charge in [0, 0.05) is 5.92 Å². The molecule has 0 bridgehead atoms. The van der Waals surface area contributed by atoms with E-state index in [1.807, 2.05) is 6.92 Å². The first-order chi connectivity index (χ1) is 9.47. The van der Waals surface area contributed by atoms with Gasteiger partial charge in [-0.25, -0.2) is 0 Å². The number of phenols is 1. The van der Waals surface area contributed by atoms with Crippen LogP contribution in [0.2, 0.25) is 0 Å². The Morgan fingerprint density at radius 3 is 2.35 bits per heavy atom. The quantitative estimate of drug-likeness (QED) is 0.716. The first-order valence-corrected chi connectivity index (χ1v) is 7.17. The zero-order valence-electron chi connectivity index (χ0n) is 12.5. The number of benzene rings is 1. The zero-order valence-corrected chi connectivity index (χ0v) is 12.5. The second kappa shape index (κ2) is 7.90. The van der Waals surface area contributed by atoms with Gasteiger partial charge in [-0.05, 0) is 30.0 Å². The van der Waals surface area contributed by atoms with Gasteiger partial charge in [-0.2, -0.15) is 0 Å². The minimum absolute atomic E-state index is 0.0165. The van der Waals surface area contributed by atoms with Crippen LogP contribution in [0, 0.1) is 11.8 Å². The minimum Gasteiger partial charge on any atom is -0.508 e. The number of amides is 1. The fourth-order valence-electron chi connectivity index (χ4n) is 2.02. The Morgan fingerprint density at radius 1 is 1.25 bits per heavy atom. The van der Waals surface area contributed by atoms with E-state index in [0.717, 1.165) is 12.0 Å². The van der Waals surface area contributed by atoms with Crippen LogP contribution >= 0.6 is 0 Å². The fourth-order valence-corrected chi connectivity index (χ4v) is 2.02. The molecule has 4 nitrogen and oxygen atoms in total. The van der Waals surface area contributed by atoms with Crippen molar-refractivity contribution in [3.63, 3.8) is 0 Å². The lowest BCUT2D eigenvalue weighted by Crippen LogP contribution is -2.43. The highest BCUT2D eigenvalue weighted by Gasteiger charge is 2.21. The number of carbonyl (C=O) groups is 1. The normalized spacial score (nSPS) is 15.4. The number of aromatic hydroxyl groups is 1. The molecular formula is C16H25NO3. The van der Waals surface area contributed by atoms with Crippen molar-refractivity contribution < 1.29 is 15.0 Å². The first-order valence-electron chi connectivity index (χ1n) is 7.17. The molecule has 0 aliphatic rings. The van der Waals surface area contributed by atoms with Crippen molar-refractivity contribution in [3.8, 4) is 5.75 Å². The third kappa shape index (κ3) is 4.85. The van der Waals surface area contributed by atoms with E-state index in [0.29, 0.717) is 12.3 Å². The monoisotopic (exact) mass is 279 g/mol. The van der Waals surface area contributed by atoms with Crippen LogP contribution in [-0.2, 0) is 11.2 Å². The van der Waals surface area contributed by atoms with Gasteiger partial charge in [-0.1, -0.05) is 39.3 Å². The number of carbonyl (C=O) groups excluding carboxylic acids is 1. The number of hydrogen-bond acceptors (Lipinski definition) is 3. The molecule has 0 heterocycles. The smallest absolute Gasteiger partial charge is 0.223 e. The van der Waals surface area contributed by atoms with Crippen LogP contribution in [0.5, 0.6) is 5.75 Å². The number of rotatable bonds is 7. The third-order valence-corrected chi connectivity index (χ3v) is 3.90. The molecule has 3 N–H and O–H groups in total. The van der Waals surface area contributed by atoms with Gasteiger partial charge in [0.2, 0.25) is 5.91 Å². The second-order valence-corrected chi connectivity index (χ2v) is 5.43. The summed E-state index contributed by atoms with van der Waals surface area (Å²) in [5.41, 5.74) is 0.971. The van der Waals surface area contributed by atoms with Crippen molar-refractivity contribution in [2.24, 2.45) is 11.8 Å². The second-order valence-electron chi connectivity index (χ2n) is 5.43. The number of nitrogens with one attached hydrogen (secondary N) is 1. The molecule has 0 aromatic heterocycles. The maximum Gasteiger partial charge on any atom is 0.223 e. The molecule has 3 atom stereocenters. The van der Waals surface area contributed by atoms with E-state index in [1.54, 1.807) is 24.3 Å². The Kier molecular flexibility index (Phi) is 6.52. The molecular weight excluding hydrogens is 254 g/mol. The molecule has 1 aromatic rings. The van der Waals surface area contributed by atoms with Crippen LogP contribution in [0.1, 0.15) is 32.8 Å². The van der Waals surface area contributed by atoms with Gasteiger partial charge in [0.05, 0.1) is 12.6 Å². The van der Waals surface area contributed by atoms with Crippen LogP contribution < -0.4 is 5.32 Å². The van der Waals surface area contributed by atoms with E-state index in [2.05, 4.69) is 19.2 Å².